The molecule has 2 N–H and O–H groups in total. The van der Waals surface area contributed by atoms with E-state index in [0.717, 1.165) is 9.18 Å². The molecule has 3 rings (SSSR count). The van der Waals surface area contributed by atoms with Crippen LogP contribution >= 0.6 is 11.3 Å². The molecule has 1 aromatic heterocycles. The number of thiophene rings is 1. The van der Waals surface area contributed by atoms with Gasteiger partial charge in [0.15, 0.2) is 0 Å². The Labute approximate surface area is 149 Å². The minimum atomic E-state index is -3.78. The van der Waals surface area contributed by atoms with Crippen LogP contribution in [-0.2, 0) is 26.0 Å². The number of carbonyl (C=O) groups is 2. The van der Waals surface area contributed by atoms with Crippen molar-refractivity contribution in [2.24, 2.45) is 0 Å². The van der Waals surface area contributed by atoms with Gasteiger partial charge in [0.25, 0.3) is 0 Å². The zero-order valence-corrected chi connectivity index (χ0v) is 14.9. The smallest absolute Gasteiger partial charge is 0.243 e. The summed E-state index contributed by atoms with van der Waals surface area (Å²) in [5.74, 6) is -0.537. The summed E-state index contributed by atoms with van der Waals surface area (Å²) < 4.78 is 26.5. The highest BCUT2D eigenvalue weighted by Gasteiger charge is 2.29. The lowest BCUT2D eigenvalue weighted by atomic mass is 10.3. The summed E-state index contributed by atoms with van der Waals surface area (Å²) in [6.07, 6.45) is 0.237. The van der Waals surface area contributed by atoms with Gasteiger partial charge >= 0.3 is 0 Å². The van der Waals surface area contributed by atoms with E-state index in [2.05, 4.69) is 10.6 Å². The van der Waals surface area contributed by atoms with E-state index in [1.54, 1.807) is 12.1 Å². The highest BCUT2D eigenvalue weighted by molar-refractivity contribution is 7.89. The van der Waals surface area contributed by atoms with E-state index < -0.39 is 10.0 Å². The zero-order chi connectivity index (χ0) is 17.9. The third kappa shape index (κ3) is 4.25. The molecule has 0 spiro atoms. The second kappa shape index (κ2) is 7.34. The molecule has 7 nitrogen and oxygen atoms in total. The third-order valence-corrected chi connectivity index (χ3v) is 6.39. The minimum absolute atomic E-state index is 0.0520. The van der Waals surface area contributed by atoms with Gasteiger partial charge in [-0.25, -0.2) is 8.42 Å². The van der Waals surface area contributed by atoms with Crippen LogP contribution in [0.4, 0.5) is 5.69 Å². The maximum Gasteiger partial charge on any atom is 0.243 e. The average Bonchev–Trinajstić information content (AvgIpc) is 3.08. The molecule has 132 valence electrons. The fourth-order valence-corrected chi connectivity index (χ4v) is 4.63. The molecule has 2 amide bonds. The lowest BCUT2D eigenvalue weighted by molar-refractivity contribution is -0.122. The first-order chi connectivity index (χ1) is 11.9. The van der Waals surface area contributed by atoms with Gasteiger partial charge in [0.2, 0.25) is 21.8 Å². The molecule has 0 unspecified atom stereocenters. The summed E-state index contributed by atoms with van der Waals surface area (Å²) in [6.45, 7) is 0.315. The number of hydrogen-bond acceptors (Lipinski definition) is 5. The number of nitrogens with one attached hydrogen (secondary N) is 2. The molecule has 0 saturated carbocycles. The van der Waals surface area contributed by atoms with Crippen LogP contribution in [0.15, 0.2) is 46.7 Å². The number of anilines is 1. The lowest BCUT2D eigenvalue weighted by Crippen LogP contribution is -2.49. The summed E-state index contributed by atoms with van der Waals surface area (Å²) >= 11 is 1.49. The van der Waals surface area contributed by atoms with E-state index in [4.69, 9.17) is 0 Å². The Bertz CT molecular complexity index is 879. The Kier molecular flexibility index (Phi) is 5.16. The van der Waals surface area contributed by atoms with Gasteiger partial charge in [-0.05, 0) is 29.6 Å². The number of rotatable bonds is 5. The van der Waals surface area contributed by atoms with Gasteiger partial charge in [0.1, 0.15) is 0 Å². The van der Waals surface area contributed by atoms with Crippen LogP contribution in [0.3, 0.4) is 0 Å². The SMILES string of the molecule is O=C1CN(S(=O)(=O)c2cccc(NC(=O)Cc3cccs3)c2)CCN1. The van der Waals surface area contributed by atoms with Crippen LogP contribution in [0.25, 0.3) is 0 Å². The first-order valence-electron chi connectivity index (χ1n) is 7.64. The second-order valence-corrected chi connectivity index (χ2v) is 8.49. The van der Waals surface area contributed by atoms with Crippen molar-refractivity contribution in [2.75, 3.05) is 25.0 Å². The molecule has 0 bridgehead atoms. The van der Waals surface area contributed by atoms with Crippen LogP contribution in [0.1, 0.15) is 4.88 Å². The maximum absolute atomic E-state index is 12.7. The van der Waals surface area contributed by atoms with Crippen LogP contribution < -0.4 is 10.6 Å². The topological polar surface area (TPSA) is 95.6 Å². The Balaban J connectivity index is 1.74. The van der Waals surface area contributed by atoms with Crippen molar-refractivity contribution in [1.29, 1.82) is 0 Å². The van der Waals surface area contributed by atoms with E-state index in [9.17, 15) is 18.0 Å². The minimum Gasteiger partial charge on any atom is -0.354 e. The monoisotopic (exact) mass is 379 g/mol. The number of carbonyl (C=O) groups excluding carboxylic acids is 2. The number of sulfonamides is 1. The van der Waals surface area contributed by atoms with Crippen molar-refractivity contribution in [3.63, 3.8) is 0 Å². The quantitative estimate of drug-likeness (QED) is 0.812. The van der Waals surface area contributed by atoms with Crippen molar-refractivity contribution in [3.05, 3.63) is 46.7 Å². The number of hydrogen-bond donors (Lipinski definition) is 2. The molecule has 0 atom stereocenters. The summed E-state index contributed by atoms with van der Waals surface area (Å²) in [7, 11) is -3.78. The number of piperazine rings is 1. The van der Waals surface area contributed by atoms with E-state index in [1.807, 2.05) is 17.5 Å². The Hall–Kier alpha value is -2.23. The predicted octanol–water partition coefficient (Wildman–Crippen LogP) is 1.05. The summed E-state index contributed by atoms with van der Waals surface area (Å²) in [6, 6.07) is 9.80. The van der Waals surface area contributed by atoms with Crippen LogP contribution in [0.2, 0.25) is 0 Å². The lowest BCUT2D eigenvalue weighted by Gasteiger charge is -2.26. The van der Waals surface area contributed by atoms with Crippen molar-refractivity contribution < 1.29 is 18.0 Å². The predicted molar refractivity (Wildman–Crippen MR) is 94.9 cm³/mol. The van der Waals surface area contributed by atoms with E-state index in [-0.39, 0.29) is 42.8 Å². The molecule has 9 heteroatoms. The number of benzene rings is 1. The fraction of sp³-hybridized carbons (Fsp3) is 0.250. The van der Waals surface area contributed by atoms with Crippen molar-refractivity contribution >= 4 is 38.9 Å². The first-order valence-corrected chi connectivity index (χ1v) is 9.96. The van der Waals surface area contributed by atoms with Crippen LogP contribution in [-0.4, -0.2) is 44.2 Å². The summed E-state index contributed by atoms with van der Waals surface area (Å²) in [4.78, 5) is 24.5. The number of amides is 2. The van der Waals surface area contributed by atoms with Crippen molar-refractivity contribution in [1.82, 2.24) is 9.62 Å². The third-order valence-electron chi connectivity index (χ3n) is 3.67. The van der Waals surface area contributed by atoms with E-state index >= 15 is 0 Å². The highest BCUT2D eigenvalue weighted by Crippen LogP contribution is 2.20. The van der Waals surface area contributed by atoms with Gasteiger partial charge < -0.3 is 10.6 Å². The number of nitrogens with zero attached hydrogens (tertiary/aromatic N) is 1. The van der Waals surface area contributed by atoms with Crippen molar-refractivity contribution in [3.8, 4) is 0 Å². The molecule has 25 heavy (non-hydrogen) atoms. The fourth-order valence-electron chi connectivity index (χ4n) is 2.48. The maximum atomic E-state index is 12.7. The Morgan fingerprint density at radius 2 is 2.12 bits per heavy atom. The summed E-state index contributed by atoms with van der Waals surface area (Å²) in [5, 5.41) is 7.20. The van der Waals surface area contributed by atoms with Crippen molar-refractivity contribution in [2.45, 2.75) is 11.3 Å². The van der Waals surface area contributed by atoms with Crippen LogP contribution in [0, 0.1) is 0 Å². The zero-order valence-electron chi connectivity index (χ0n) is 13.3. The first kappa shape index (κ1) is 17.6. The largest absolute Gasteiger partial charge is 0.354 e. The van der Waals surface area contributed by atoms with E-state index in [0.29, 0.717) is 5.69 Å². The molecule has 1 aliphatic heterocycles. The van der Waals surface area contributed by atoms with Gasteiger partial charge in [-0.1, -0.05) is 12.1 Å². The normalized spacial score (nSPS) is 15.6. The van der Waals surface area contributed by atoms with E-state index in [1.165, 1.54) is 23.5 Å². The molecule has 1 aliphatic rings. The van der Waals surface area contributed by atoms with Gasteiger partial charge in [0, 0.05) is 23.7 Å². The molecular formula is C16H17N3O4S2. The summed E-state index contributed by atoms with van der Waals surface area (Å²) in [5.41, 5.74) is 0.407. The highest BCUT2D eigenvalue weighted by atomic mass is 32.2. The average molecular weight is 379 g/mol. The Morgan fingerprint density at radius 1 is 1.28 bits per heavy atom. The van der Waals surface area contributed by atoms with Gasteiger partial charge in [-0.3, -0.25) is 9.59 Å². The molecule has 2 aromatic rings. The molecule has 0 radical (unpaired) electrons. The van der Waals surface area contributed by atoms with Gasteiger partial charge in [0.05, 0.1) is 17.9 Å². The molecule has 0 aliphatic carbocycles. The standard InChI is InChI=1S/C16H17N3O4S2/c20-15(10-13-4-2-8-24-13)18-12-3-1-5-14(9-12)25(22,23)19-7-6-17-16(21)11-19/h1-5,8-9H,6-7,10-11H2,(H,17,21)(H,18,20). The molecule has 1 fully saturated rings. The molecular weight excluding hydrogens is 362 g/mol. The van der Waals surface area contributed by atoms with Crippen LogP contribution in [0.5, 0.6) is 0 Å². The van der Waals surface area contributed by atoms with Gasteiger partial charge in [-0.2, -0.15) is 4.31 Å². The Morgan fingerprint density at radius 3 is 2.84 bits per heavy atom. The second-order valence-electron chi connectivity index (χ2n) is 5.52. The molecule has 1 aromatic carbocycles. The molecule has 1 saturated heterocycles. The molecule has 2 heterocycles. The van der Waals surface area contributed by atoms with Gasteiger partial charge in [-0.15, -0.1) is 11.3 Å².